The third kappa shape index (κ3) is 2.30. The lowest BCUT2D eigenvalue weighted by atomic mass is 9.95. The van der Waals surface area contributed by atoms with E-state index < -0.39 is 0 Å². The average Bonchev–Trinajstić information content (AvgIpc) is 2.39. The zero-order valence-corrected chi connectivity index (χ0v) is 9.34. The molecule has 0 bridgehead atoms. The maximum atomic E-state index is 4.22. The number of hydrogen-bond acceptors (Lipinski definition) is 0. The predicted molar refractivity (Wildman–Crippen MR) is 64.1 cm³/mol. The average molecular weight is 214 g/mol. The van der Waals surface area contributed by atoms with Crippen LogP contribution >= 0.6 is 0 Å². The summed E-state index contributed by atoms with van der Waals surface area (Å²) in [6, 6.07) is 21.1. The molecule has 0 aliphatic rings. The van der Waals surface area contributed by atoms with Gasteiger partial charge in [-0.25, -0.2) is 0 Å². The first-order valence-corrected chi connectivity index (χ1v) is 5.55. The van der Waals surface area contributed by atoms with Gasteiger partial charge in [0.05, 0.1) is 0 Å². The molecule has 0 spiro atoms. The minimum atomic E-state index is 0.198. The van der Waals surface area contributed by atoms with Crippen molar-refractivity contribution in [1.82, 2.24) is 0 Å². The summed E-state index contributed by atoms with van der Waals surface area (Å²) >= 11 is 0. The monoisotopic (exact) mass is 214 g/mol. The molecule has 0 aliphatic heterocycles. The van der Waals surface area contributed by atoms with Crippen molar-refractivity contribution in [1.29, 1.82) is 0 Å². The third-order valence-corrected chi connectivity index (χ3v) is 2.94. The van der Waals surface area contributed by atoms with Gasteiger partial charge in [-0.2, -0.15) is 0 Å². The van der Waals surface area contributed by atoms with E-state index in [0.29, 0.717) is 0 Å². The molecule has 2 rings (SSSR count). The second-order valence-electron chi connectivity index (χ2n) is 4.03. The van der Waals surface area contributed by atoms with Gasteiger partial charge in [-0.3, -0.25) is 0 Å². The van der Waals surface area contributed by atoms with Gasteiger partial charge in [0.15, 0.2) is 12.1 Å². The van der Waals surface area contributed by atoms with Crippen molar-refractivity contribution >= 4 is 0 Å². The molecule has 16 heavy (non-hydrogen) atoms. The maximum Gasteiger partial charge on any atom is 0.167 e. The fourth-order valence-electron chi connectivity index (χ4n) is 1.87. The van der Waals surface area contributed by atoms with Crippen LogP contribution in [0.5, 0.6) is 0 Å². The van der Waals surface area contributed by atoms with Crippen molar-refractivity contribution in [2.24, 2.45) is 0 Å². The van der Waals surface area contributed by atoms with Gasteiger partial charge >= 0.3 is 0 Å². The van der Waals surface area contributed by atoms with Crippen molar-refractivity contribution in [3.05, 3.63) is 71.8 Å². The van der Waals surface area contributed by atoms with E-state index in [1.807, 2.05) is 36.4 Å². The lowest BCUT2D eigenvalue weighted by molar-refractivity contribution is -0.540. The molecule has 0 saturated carbocycles. The summed E-state index contributed by atoms with van der Waals surface area (Å²) in [5, 5.41) is 0. The molecule has 0 aromatic heterocycles. The SMILES string of the molecule is [NH3+][C@@H](c1ccccc1)[C@@H]([NH3+])c1ccccc1. The number of rotatable bonds is 3. The molecule has 82 valence electrons. The van der Waals surface area contributed by atoms with Gasteiger partial charge in [0.25, 0.3) is 0 Å². The Morgan fingerprint density at radius 2 is 0.875 bits per heavy atom. The fraction of sp³-hybridized carbons (Fsp3) is 0.143. The van der Waals surface area contributed by atoms with Crippen LogP contribution in [0.3, 0.4) is 0 Å². The fourth-order valence-corrected chi connectivity index (χ4v) is 1.87. The summed E-state index contributed by atoms with van der Waals surface area (Å²) < 4.78 is 0. The zero-order chi connectivity index (χ0) is 11.4. The lowest BCUT2D eigenvalue weighted by Crippen LogP contribution is -2.68. The van der Waals surface area contributed by atoms with E-state index in [4.69, 9.17) is 0 Å². The second-order valence-corrected chi connectivity index (χ2v) is 4.03. The first-order valence-electron chi connectivity index (χ1n) is 5.55. The Balaban J connectivity index is 2.20. The lowest BCUT2D eigenvalue weighted by Gasteiger charge is -2.14. The summed E-state index contributed by atoms with van der Waals surface area (Å²) in [5.74, 6) is 0. The zero-order valence-electron chi connectivity index (χ0n) is 9.34. The van der Waals surface area contributed by atoms with Gasteiger partial charge in [0.1, 0.15) is 0 Å². The molecule has 2 heteroatoms. The molecule has 2 aromatic rings. The first-order chi connectivity index (χ1) is 7.79. The van der Waals surface area contributed by atoms with Crippen molar-refractivity contribution in [2.45, 2.75) is 12.1 Å². The van der Waals surface area contributed by atoms with E-state index >= 15 is 0 Å². The van der Waals surface area contributed by atoms with E-state index in [2.05, 4.69) is 35.7 Å². The van der Waals surface area contributed by atoms with Crippen molar-refractivity contribution < 1.29 is 11.5 Å². The predicted octanol–water partition coefficient (Wildman–Crippen LogP) is 0.953. The normalized spacial score (nSPS) is 14.4. The highest BCUT2D eigenvalue weighted by molar-refractivity contribution is 5.23. The van der Waals surface area contributed by atoms with Gasteiger partial charge in [0, 0.05) is 11.1 Å². The first kappa shape index (κ1) is 10.9. The van der Waals surface area contributed by atoms with Crippen LogP contribution in [0.4, 0.5) is 0 Å². The van der Waals surface area contributed by atoms with Crippen LogP contribution in [0.2, 0.25) is 0 Å². The van der Waals surface area contributed by atoms with Crippen LogP contribution in [-0.2, 0) is 0 Å². The molecule has 2 nitrogen and oxygen atoms in total. The largest absolute Gasteiger partial charge is 0.346 e. The number of hydrogen-bond donors (Lipinski definition) is 2. The van der Waals surface area contributed by atoms with Crippen molar-refractivity contribution in [3.8, 4) is 0 Å². The van der Waals surface area contributed by atoms with Crippen LogP contribution in [0, 0.1) is 0 Å². The Bertz CT molecular complexity index is 382. The van der Waals surface area contributed by atoms with Crippen LogP contribution in [-0.4, -0.2) is 0 Å². The molecular weight excluding hydrogens is 196 g/mol. The van der Waals surface area contributed by atoms with Gasteiger partial charge < -0.3 is 11.5 Å². The van der Waals surface area contributed by atoms with E-state index in [1.165, 1.54) is 11.1 Å². The smallest absolute Gasteiger partial charge is 0.167 e. The van der Waals surface area contributed by atoms with Gasteiger partial charge in [-0.15, -0.1) is 0 Å². The van der Waals surface area contributed by atoms with Crippen molar-refractivity contribution in [3.63, 3.8) is 0 Å². The molecule has 0 heterocycles. The molecular formula is C14H18N2+2. The Labute approximate surface area is 95.9 Å². The molecule has 6 N–H and O–H groups in total. The summed E-state index contributed by atoms with van der Waals surface area (Å²) in [6.45, 7) is 0. The van der Waals surface area contributed by atoms with Crippen LogP contribution in [0.25, 0.3) is 0 Å². The van der Waals surface area contributed by atoms with Gasteiger partial charge in [0.2, 0.25) is 0 Å². The Morgan fingerprint density at radius 1 is 0.562 bits per heavy atom. The summed E-state index contributed by atoms with van der Waals surface area (Å²) in [4.78, 5) is 0. The molecule has 0 fully saturated rings. The summed E-state index contributed by atoms with van der Waals surface area (Å²) in [6.07, 6.45) is 0. The topological polar surface area (TPSA) is 55.3 Å². The van der Waals surface area contributed by atoms with Crippen molar-refractivity contribution in [2.75, 3.05) is 0 Å². The summed E-state index contributed by atoms with van der Waals surface area (Å²) in [7, 11) is 0. The van der Waals surface area contributed by atoms with Gasteiger partial charge in [-0.1, -0.05) is 60.7 Å². The molecule has 2 atom stereocenters. The number of benzene rings is 2. The van der Waals surface area contributed by atoms with E-state index in [9.17, 15) is 0 Å². The van der Waals surface area contributed by atoms with Gasteiger partial charge in [-0.05, 0) is 0 Å². The number of quaternary nitrogens is 2. The highest BCUT2D eigenvalue weighted by Gasteiger charge is 2.23. The maximum absolute atomic E-state index is 4.22. The minimum Gasteiger partial charge on any atom is -0.346 e. The Morgan fingerprint density at radius 3 is 1.19 bits per heavy atom. The molecule has 0 saturated heterocycles. The molecule has 0 amide bonds. The third-order valence-electron chi connectivity index (χ3n) is 2.94. The molecule has 2 aromatic carbocycles. The van der Waals surface area contributed by atoms with Crippen LogP contribution in [0.1, 0.15) is 23.2 Å². The molecule has 0 unspecified atom stereocenters. The van der Waals surface area contributed by atoms with Crippen LogP contribution < -0.4 is 11.5 Å². The quantitative estimate of drug-likeness (QED) is 0.764. The molecule has 0 aliphatic carbocycles. The Kier molecular flexibility index (Phi) is 3.34. The highest BCUT2D eigenvalue weighted by Crippen LogP contribution is 2.20. The second kappa shape index (κ2) is 4.92. The van der Waals surface area contributed by atoms with E-state index in [-0.39, 0.29) is 12.1 Å². The molecule has 0 radical (unpaired) electrons. The minimum absolute atomic E-state index is 0.198. The van der Waals surface area contributed by atoms with E-state index in [0.717, 1.165) is 0 Å². The summed E-state index contributed by atoms with van der Waals surface area (Å²) in [5.41, 5.74) is 10.9. The van der Waals surface area contributed by atoms with E-state index in [1.54, 1.807) is 0 Å². The Hall–Kier alpha value is -1.64. The highest BCUT2D eigenvalue weighted by atomic mass is 14.8. The standard InChI is InChI=1S/C14H16N2/c15-13(11-7-3-1-4-8-11)14(16)12-9-5-2-6-10-12/h1-10,13-14H,15-16H2/p+2/t13-,14-/m0/s1. The van der Waals surface area contributed by atoms with Crippen LogP contribution in [0.15, 0.2) is 60.7 Å².